The van der Waals surface area contributed by atoms with Crippen molar-refractivity contribution in [1.82, 2.24) is 24.8 Å². The number of fused-ring (bicyclic) bond motifs is 1. The number of aliphatic hydroxyl groups excluding tert-OH is 1. The van der Waals surface area contributed by atoms with E-state index in [1.165, 1.54) is 6.33 Å². The predicted octanol–water partition coefficient (Wildman–Crippen LogP) is -1.82. The average molecular weight is 266 g/mol. The lowest BCUT2D eigenvalue weighted by Gasteiger charge is -2.30. The van der Waals surface area contributed by atoms with Gasteiger partial charge in [-0.05, 0) is 0 Å². The van der Waals surface area contributed by atoms with Gasteiger partial charge in [-0.25, -0.2) is 4.98 Å². The van der Waals surface area contributed by atoms with Crippen molar-refractivity contribution in [1.29, 1.82) is 0 Å². The summed E-state index contributed by atoms with van der Waals surface area (Å²) >= 11 is 0. The lowest BCUT2D eigenvalue weighted by atomic mass is 10.3. The molecule has 102 valence electrons. The number of aliphatic hydroxyl groups is 1. The van der Waals surface area contributed by atoms with Crippen LogP contribution in [-0.4, -0.2) is 50.4 Å². The van der Waals surface area contributed by atoms with Crippen molar-refractivity contribution in [3.63, 3.8) is 0 Å². The monoisotopic (exact) mass is 266 g/mol. The molecule has 0 amide bonds. The fourth-order valence-corrected chi connectivity index (χ4v) is 2.11. The van der Waals surface area contributed by atoms with Crippen LogP contribution in [-0.2, 0) is 4.74 Å². The van der Waals surface area contributed by atoms with E-state index in [-0.39, 0.29) is 36.0 Å². The largest absolute Gasteiger partial charge is 0.394 e. The molecule has 0 radical (unpaired) electrons. The van der Waals surface area contributed by atoms with Crippen molar-refractivity contribution in [2.75, 3.05) is 25.4 Å². The lowest BCUT2D eigenvalue weighted by molar-refractivity contribution is -0.0933. The Morgan fingerprint density at radius 3 is 3.21 bits per heavy atom. The van der Waals surface area contributed by atoms with Crippen LogP contribution in [0.3, 0.4) is 0 Å². The Balaban J connectivity index is 2.03. The fraction of sp³-hybridized carbons (Fsp3) is 0.500. The summed E-state index contributed by atoms with van der Waals surface area (Å²) in [7, 11) is 0. The SMILES string of the molecule is Nc1nc2c(ncn2C2CNC[C@@H](CO)O2)c(=O)[nH]1. The first kappa shape index (κ1) is 12.1. The molecule has 0 aliphatic carbocycles. The van der Waals surface area contributed by atoms with E-state index in [1.807, 2.05) is 0 Å². The Hall–Kier alpha value is -1.97. The Labute approximate surface area is 107 Å². The molecule has 2 aromatic rings. The number of rotatable bonds is 2. The molecule has 3 heterocycles. The molecule has 5 N–H and O–H groups in total. The Kier molecular flexibility index (Phi) is 2.93. The van der Waals surface area contributed by atoms with Gasteiger partial charge in [-0.1, -0.05) is 0 Å². The minimum atomic E-state index is -0.385. The molecule has 9 nitrogen and oxygen atoms in total. The van der Waals surface area contributed by atoms with Gasteiger partial charge in [0.25, 0.3) is 5.56 Å². The molecule has 1 fully saturated rings. The highest BCUT2D eigenvalue weighted by Crippen LogP contribution is 2.18. The molecular weight excluding hydrogens is 252 g/mol. The third-order valence-corrected chi connectivity index (χ3v) is 3.01. The molecular formula is C10H14N6O3. The number of ether oxygens (including phenoxy) is 1. The van der Waals surface area contributed by atoms with Crippen LogP contribution in [0, 0.1) is 0 Å². The van der Waals surface area contributed by atoms with E-state index in [0.29, 0.717) is 18.7 Å². The van der Waals surface area contributed by atoms with Crippen LogP contribution < -0.4 is 16.6 Å². The van der Waals surface area contributed by atoms with Crippen LogP contribution in [0.25, 0.3) is 11.2 Å². The van der Waals surface area contributed by atoms with E-state index in [4.69, 9.17) is 15.6 Å². The van der Waals surface area contributed by atoms with E-state index in [1.54, 1.807) is 4.57 Å². The second-order valence-electron chi connectivity index (χ2n) is 4.33. The van der Waals surface area contributed by atoms with E-state index >= 15 is 0 Å². The zero-order chi connectivity index (χ0) is 13.4. The van der Waals surface area contributed by atoms with Gasteiger partial charge in [0.15, 0.2) is 11.2 Å². The summed E-state index contributed by atoms with van der Waals surface area (Å²) in [6.45, 7) is 1.04. The van der Waals surface area contributed by atoms with Crippen LogP contribution in [0.4, 0.5) is 5.95 Å². The fourth-order valence-electron chi connectivity index (χ4n) is 2.11. The molecule has 2 aromatic heterocycles. The van der Waals surface area contributed by atoms with E-state index in [9.17, 15) is 4.79 Å². The number of nitrogen functional groups attached to an aromatic ring is 1. The van der Waals surface area contributed by atoms with Gasteiger partial charge in [0, 0.05) is 13.1 Å². The number of nitrogens with two attached hydrogens (primary N) is 1. The van der Waals surface area contributed by atoms with Crippen LogP contribution >= 0.6 is 0 Å². The van der Waals surface area contributed by atoms with Gasteiger partial charge in [0.2, 0.25) is 5.95 Å². The highest BCUT2D eigenvalue weighted by molar-refractivity contribution is 5.70. The van der Waals surface area contributed by atoms with E-state index in [2.05, 4.69) is 20.3 Å². The van der Waals surface area contributed by atoms with Crippen LogP contribution in [0.2, 0.25) is 0 Å². The molecule has 1 unspecified atom stereocenters. The summed E-state index contributed by atoms with van der Waals surface area (Å²) in [6, 6.07) is 0. The second-order valence-corrected chi connectivity index (χ2v) is 4.33. The van der Waals surface area contributed by atoms with Gasteiger partial charge in [-0.2, -0.15) is 4.98 Å². The number of aromatic nitrogens is 4. The number of aromatic amines is 1. The van der Waals surface area contributed by atoms with E-state index in [0.717, 1.165) is 0 Å². The van der Waals surface area contributed by atoms with Gasteiger partial charge in [0.05, 0.1) is 19.0 Å². The maximum absolute atomic E-state index is 11.7. The van der Waals surface area contributed by atoms with Gasteiger partial charge >= 0.3 is 0 Å². The summed E-state index contributed by atoms with van der Waals surface area (Å²) in [5, 5.41) is 12.3. The lowest BCUT2D eigenvalue weighted by Crippen LogP contribution is -2.44. The molecule has 1 aliphatic heterocycles. The first-order valence-corrected chi connectivity index (χ1v) is 5.88. The number of hydrogen-bond donors (Lipinski definition) is 4. The first-order chi connectivity index (χ1) is 9.19. The number of H-pyrrole nitrogens is 1. The molecule has 1 saturated heterocycles. The van der Waals surface area contributed by atoms with Crippen LogP contribution in [0.15, 0.2) is 11.1 Å². The number of hydrogen-bond acceptors (Lipinski definition) is 7. The molecule has 2 atom stereocenters. The minimum Gasteiger partial charge on any atom is -0.394 e. The summed E-state index contributed by atoms with van der Waals surface area (Å²) < 4.78 is 7.32. The normalized spacial score (nSPS) is 23.8. The number of anilines is 1. The van der Waals surface area contributed by atoms with Crippen molar-refractivity contribution in [2.24, 2.45) is 0 Å². The van der Waals surface area contributed by atoms with Crippen molar-refractivity contribution < 1.29 is 9.84 Å². The second kappa shape index (κ2) is 4.61. The molecule has 0 bridgehead atoms. The summed E-state index contributed by atoms with van der Waals surface area (Å²) in [4.78, 5) is 22.1. The zero-order valence-corrected chi connectivity index (χ0v) is 10.0. The number of nitrogens with one attached hydrogen (secondary N) is 2. The molecule has 0 spiro atoms. The van der Waals surface area contributed by atoms with Crippen molar-refractivity contribution in [3.8, 4) is 0 Å². The minimum absolute atomic E-state index is 0.0294. The third-order valence-electron chi connectivity index (χ3n) is 3.01. The molecule has 0 aromatic carbocycles. The van der Waals surface area contributed by atoms with Gasteiger partial charge in [-0.15, -0.1) is 0 Å². The van der Waals surface area contributed by atoms with Crippen molar-refractivity contribution >= 4 is 17.1 Å². The standard InChI is InChI=1S/C10H14N6O3/c11-10-14-8-7(9(18)15-10)13-4-16(8)6-2-12-1-5(3-17)19-6/h4-6,12,17H,1-3H2,(H3,11,14,15,18)/t5-,6?/m0/s1. The van der Waals surface area contributed by atoms with Crippen molar-refractivity contribution in [3.05, 3.63) is 16.7 Å². The number of imidazole rings is 1. The van der Waals surface area contributed by atoms with Gasteiger partial charge in [0.1, 0.15) is 6.23 Å². The van der Waals surface area contributed by atoms with Gasteiger partial charge < -0.3 is 20.9 Å². The maximum Gasteiger partial charge on any atom is 0.280 e. The maximum atomic E-state index is 11.7. The number of nitrogens with zero attached hydrogens (tertiary/aromatic N) is 3. The Morgan fingerprint density at radius 1 is 1.58 bits per heavy atom. The number of morpholine rings is 1. The molecule has 3 rings (SSSR count). The third kappa shape index (κ3) is 2.07. The van der Waals surface area contributed by atoms with Crippen molar-refractivity contribution in [2.45, 2.75) is 12.3 Å². The van der Waals surface area contributed by atoms with Crippen LogP contribution in [0.5, 0.6) is 0 Å². The molecule has 9 heteroatoms. The molecule has 1 aliphatic rings. The quantitative estimate of drug-likeness (QED) is 0.503. The first-order valence-electron chi connectivity index (χ1n) is 5.88. The molecule has 0 saturated carbocycles. The molecule has 19 heavy (non-hydrogen) atoms. The predicted molar refractivity (Wildman–Crippen MR) is 66.4 cm³/mol. The Morgan fingerprint density at radius 2 is 2.42 bits per heavy atom. The average Bonchev–Trinajstić information content (AvgIpc) is 2.82. The highest BCUT2D eigenvalue weighted by Gasteiger charge is 2.25. The van der Waals surface area contributed by atoms with E-state index < -0.39 is 0 Å². The summed E-state index contributed by atoms with van der Waals surface area (Å²) in [5.74, 6) is 0.0294. The summed E-state index contributed by atoms with van der Waals surface area (Å²) in [5.41, 5.74) is 5.73. The Bertz CT molecular complexity index is 650. The smallest absolute Gasteiger partial charge is 0.280 e. The topological polar surface area (TPSA) is 131 Å². The summed E-state index contributed by atoms with van der Waals surface area (Å²) in [6.07, 6.45) is 0.804. The van der Waals surface area contributed by atoms with Gasteiger partial charge in [-0.3, -0.25) is 14.3 Å². The zero-order valence-electron chi connectivity index (χ0n) is 10.0. The highest BCUT2D eigenvalue weighted by atomic mass is 16.5. The van der Waals surface area contributed by atoms with Crippen LogP contribution in [0.1, 0.15) is 6.23 Å².